The van der Waals surface area contributed by atoms with Crippen LogP contribution in [-0.4, -0.2) is 26.0 Å². The number of thiophene rings is 1. The minimum Gasteiger partial charge on any atom is -0.308 e. The largest absolute Gasteiger partial charge is 0.308 e. The first kappa shape index (κ1) is 11.6. The molecule has 84 valence electrons. The van der Waals surface area contributed by atoms with Crippen LogP contribution < -0.4 is 5.32 Å². The molecule has 2 heterocycles. The van der Waals surface area contributed by atoms with Gasteiger partial charge in [0.05, 0.1) is 11.5 Å². The first-order valence-electron chi connectivity index (χ1n) is 4.72. The van der Waals surface area contributed by atoms with Crippen molar-refractivity contribution in [1.82, 2.24) is 5.32 Å². The molecule has 1 N–H and O–H groups in total. The van der Waals surface area contributed by atoms with Crippen LogP contribution in [0.15, 0.2) is 15.9 Å². The summed E-state index contributed by atoms with van der Waals surface area (Å²) in [5.41, 5.74) is 0. The predicted octanol–water partition coefficient (Wildman–Crippen LogP) is 1.79. The molecule has 0 bridgehead atoms. The SMILES string of the molecule is O=S1(=O)CCC(NCc2sccc2Br)C1. The highest BCUT2D eigenvalue weighted by molar-refractivity contribution is 9.10. The van der Waals surface area contributed by atoms with E-state index in [-0.39, 0.29) is 11.8 Å². The molecule has 1 saturated heterocycles. The van der Waals surface area contributed by atoms with Crippen molar-refractivity contribution in [2.24, 2.45) is 0 Å². The van der Waals surface area contributed by atoms with Crippen molar-refractivity contribution in [2.75, 3.05) is 11.5 Å². The van der Waals surface area contributed by atoms with Crippen LogP contribution in [0, 0.1) is 0 Å². The van der Waals surface area contributed by atoms with Gasteiger partial charge in [-0.15, -0.1) is 11.3 Å². The van der Waals surface area contributed by atoms with Crippen LogP contribution >= 0.6 is 27.3 Å². The summed E-state index contributed by atoms with van der Waals surface area (Å²) < 4.78 is 23.5. The molecule has 1 aliphatic rings. The van der Waals surface area contributed by atoms with Crippen molar-refractivity contribution in [2.45, 2.75) is 19.0 Å². The molecular formula is C9H12BrNO2S2. The van der Waals surface area contributed by atoms with Crippen LogP contribution in [0.25, 0.3) is 0 Å². The average molecular weight is 310 g/mol. The lowest BCUT2D eigenvalue weighted by molar-refractivity contribution is 0.557. The molecule has 2 rings (SSSR count). The fourth-order valence-electron chi connectivity index (χ4n) is 1.64. The zero-order chi connectivity index (χ0) is 10.9. The highest BCUT2D eigenvalue weighted by Gasteiger charge is 2.27. The second-order valence-corrected chi connectivity index (χ2v) is 7.76. The molecule has 1 aliphatic heterocycles. The van der Waals surface area contributed by atoms with Gasteiger partial charge in [-0.3, -0.25) is 0 Å². The molecule has 0 spiro atoms. The van der Waals surface area contributed by atoms with E-state index >= 15 is 0 Å². The molecule has 1 atom stereocenters. The Balaban J connectivity index is 1.88. The lowest BCUT2D eigenvalue weighted by Crippen LogP contribution is -2.29. The van der Waals surface area contributed by atoms with Gasteiger partial charge < -0.3 is 5.32 Å². The fourth-order valence-corrected chi connectivity index (χ4v) is 4.80. The summed E-state index contributed by atoms with van der Waals surface area (Å²) in [4.78, 5) is 1.22. The van der Waals surface area contributed by atoms with Gasteiger partial charge in [0.15, 0.2) is 9.84 Å². The number of halogens is 1. The average Bonchev–Trinajstić information content (AvgIpc) is 2.69. The van der Waals surface area contributed by atoms with E-state index in [9.17, 15) is 8.42 Å². The Bertz CT molecular complexity index is 441. The molecule has 1 aromatic rings. The van der Waals surface area contributed by atoms with Crippen LogP contribution in [0.2, 0.25) is 0 Å². The molecule has 0 aliphatic carbocycles. The second kappa shape index (κ2) is 4.53. The van der Waals surface area contributed by atoms with Gasteiger partial charge in [-0.2, -0.15) is 0 Å². The first-order chi connectivity index (χ1) is 7.07. The van der Waals surface area contributed by atoms with E-state index in [2.05, 4.69) is 21.2 Å². The minimum absolute atomic E-state index is 0.129. The highest BCUT2D eigenvalue weighted by atomic mass is 79.9. The molecule has 1 unspecified atom stereocenters. The van der Waals surface area contributed by atoms with Crippen LogP contribution in [0.4, 0.5) is 0 Å². The van der Waals surface area contributed by atoms with Crippen LogP contribution in [0.5, 0.6) is 0 Å². The Morgan fingerprint density at radius 1 is 1.60 bits per heavy atom. The van der Waals surface area contributed by atoms with Gasteiger partial charge in [0.2, 0.25) is 0 Å². The Kier molecular flexibility index (Phi) is 3.49. The maximum absolute atomic E-state index is 11.2. The fraction of sp³-hybridized carbons (Fsp3) is 0.556. The van der Waals surface area contributed by atoms with Crippen LogP contribution in [-0.2, 0) is 16.4 Å². The lowest BCUT2D eigenvalue weighted by atomic mass is 10.2. The summed E-state index contributed by atoms with van der Waals surface area (Å²) in [5.74, 6) is 0.617. The van der Waals surface area contributed by atoms with E-state index in [4.69, 9.17) is 0 Å². The van der Waals surface area contributed by atoms with Gasteiger partial charge in [0.1, 0.15) is 0 Å². The molecule has 0 aromatic carbocycles. The molecule has 0 amide bonds. The standard InChI is InChI=1S/C9H12BrNO2S2/c10-8-1-3-14-9(8)5-11-7-2-4-15(12,13)6-7/h1,3,7,11H,2,4-6H2. The Morgan fingerprint density at radius 2 is 2.40 bits per heavy atom. The third-order valence-corrected chi connectivity index (χ3v) is 6.17. The van der Waals surface area contributed by atoms with Gasteiger partial charge in [-0.05, 0) is 33.8 Å². The number of nitrogens with one attached hydrogen (secondary N) is 1. The Morgan fingerprint density at radius 3 is 2.93 bits per heavy atom. The Labute approximate surface area is 102 Å². The third-order valence-electron chi connectivity index (χ3n) is 2.47. The van der Waals surface area contributed by atoms with Gasteiger partial charge in [-0.25, -0.2) is 8.42 Å². The smallest absolute Gasteiger partial charge is 0.151 e. The summed E-state index contributed by atoms with van der Waals surface area (Å²) in [5, 5.41) is 5.30. The van der Waals surface area contributed by atoms with Gasteiger partial charge in [-0.1, -0.05) is 0 Å². The molecular weight excluding hydrogens is 298 g/mol. The first-order valence-corrected chi connectivity index (χ1v) is 8.22. The maximum atomic E-state index is 11.2. The number of hydrogen-bond donors (Lipinski definition) is 1. The second-order valence-electron chi connectivity index (χ2n) is 3.67. The summed E-state index contributed by atoms with van der Waals surface area (Å²) in [6, 6.07) is 2.14. The third kappa shape index (κ3) is 3.03. The van der Waals surface area contributed by atoms with Crippen LogP contribution in [0.1, 0.15) is 11.3 Å². The quantitative estimate of drug-likeness (QED) is 0.926. The molecule has 0 radical (unpaired) electrons. The van der Waals surface area contributed by atoms with Crippen molar-refractivity contribution in [3.8, 4) is 0 Å². The summed E-state index contributed by atoms with van der Waals surface area (Å²) >= 11 is 5.12. The monoisotopic (exact) mass is 309 g/mol. The van der Waals surface area contributed by atoms with Gasteiger partial charge in [0.25, 0.3) is 0 Å². The maximum Gasteiger partial charge on any atom is 0.151 e. The van der Waals surface area contributed by atoms with Crippen molar-refractivity contribution in [3.63, 3.8) is 0 Å². The topological polar surface area (TPSA) is 46.2 Å². The molecule has 0 saturated carbocycles. The molecule has 1 aromatic heterocycles. The van der Waals surface area contributed by atoms with Crippen molar-refractivity contribution in [1.29, 1.82) is 0 Å². The van der Waals surface area contributed by atoms with Gasteiger partial charge in [0, 0.05) is 21.9 Å². The van der Waals surface area contributed by atoms with E-state index in [0.29, 0.717) is 5.75 Å². The van der Waals surface area contributed by atoms with Crippen molar-refractivity contribution >= 4 is 37.1 Å². The Hall–Kier alpha value is 0.0900. The minimum atomic E-state index is -2.77. The normalized spacial score (nSPS) is 24.5. The molecule has 15 heavy (non-hydrogen) atoms. The number of sulfone groups is 1. The van der Waals surface area contributed by atoms with E-state index in [1.807, 2.05) is 11.4 Å². The van der Waals surface area contributed by atoms with E-state index in [0.717, 1.165) is 17.4 Å². The van der Waals surface area contributed by atoms with E-state index in [1.54, 1.807) is 11.3 Å². The van der Waals surface area contributed by atoms with Crippen molar-refractivity contribution < 1.29 is 8.42 Å². The van der Waals surface area contributed by atoms with E-state index in [1.165, 1.54) is 4.88 Å². The summed E-state index contributed by atoms with van der Waals surface area (Å²) in [7, 11) is -2.77. The van der Waals surface area contributed by atoms with Gasteiger partial charge >= 0.3 is 0 Å². The number of rotatable bonds is 3. The molecule has 6 heteroatoms. The van der Waals surface area contributed by atoms with Crippen LogP contribution in [0.3, 0.4) is 0 Å². The summed E-state index contributed by atoms with van der Waals surface area (Å²) in [6.45, 7) is 0.748. The highest BCUT2D eigenvalue weighted by Crippen LogP contribution is 2.23. The van der Waals surface area contributed by atoms with Crippen molar-refractivity contribution in [3.05, 3.63) is 20.8 Å². The predicted molar refractivity (Wildman–Crippen MR) is 65.9 cm³/mol. The zero-order valence-electron chi connectivity index (χ0n) is 8.07. The zero-order valence-corrected chi connectivity index (χ0v) is 11.3. The molecule has 1 fully saturated rings. The lowest BCUT2D eigenvalue weighted by Gasteiger charge is -2.09. The summed E-state index contributed by atoms with van der Waals surface area (Å²) in [6.07, 6.45) is 0.741. The molecule has 3 nitrogen and oxygen atoms in total. The number of hydrogen-bond acceptors (Lipinski definition) is 4. The van der Waals surface area contributed by atoms with E-state index < -0.39 is 9.84 Å².